The van der Waals surface area contributed by atoms with Crippen molar-refractivity contribution in [2.45, 2.75) is 123 Å². The van der Waals surface area contributed by atoms with Crippen LogP contribution in [0.1, 0.15) is 96.3 Å². The second kappa shape index (κ2) is 29.3. The number of nitrogens with one attached hydrogen (secondary N) is 5. The fraction of sp³-hybridized carbons (Fsp3) is 0.686. The quantitative estimate of drug-likeness (QED) is 0.0347. The molecular formula is C51H86N12O7. The first-order chi connectivity index (χ1) is 33.8. The molecule has 392 valence electrons. The number of esters is 1. The third-order valence-electron chi connectivity index (χ3n) is 13.8. The molecule has 5 rings (SSSR count). The van der Waals surface area contributed by atoms with Crippen LogP contribution < -0.4 is 21.3 Å². The Hall–Kier alpha value is -4.28. The molecular weight excluding hydrogens is 893 g/mol. The topological polar surface area (TPSA) is 217 Å². The standard InChI is InChI=1S/C51H86N12O7/c1-8-16-42(57-49(67)43(17-9-2)56-46(64)36-62-30-28-60(11-4)26-24-59(10-3)25-27-61(12-5)29-31-62)48(66)52-22-15-23-63-34-38-32-37(20-21-39(38)53-44(51(63)69)33-47(65)70-7)50(68)58(6)35-45-54-40-18-13-14-19-41(40)55-45/h13-14,18-21,32,42-44,46,48,50,52-53,56,64,66,68H,8-12,15-17,22-31,33-36H2,1-7H3,(H,54,55)(H,57,67)/t42-,43-,44-,46-,48-,50-/m0/s1. The number of aromatic nitrogens is 2. The number of imidazole rings is 1. The Balaban J connectivity index is 1.17. The maximum atomic E-state index is 14.0. The summed E-state index contributed by atoms with van der Waals surface area (Å²) in [5.41, 5.74) is 3.87. The summed E-state index contributed by atoms with van der Waals surface area (Å²) in [5.74, 6) is -0.338. The molecule has 70 heavy (non-hydrogen) atoms. The van der Waals surface area contributed by atoms with E-state index in [0.29, 0.717) is 56.7 Å². The number of aliphatic hydroxyl groups excluding tert-OH is 3. The lowest BCUT2D eigenvalue weighted by molar-refractivity contribution is -0.144. The van der Waals surface area contributed by atoms with Crippen LogP contribution in [0.25, 0.3) is 11.0 Å². The molecule has 0 aliphatic carbocycles. The van der Waals surface area contributed by atoms with Crippen LogP contribution in [0.4, 0.5) is 5.69 Å². The fourth-order valence-corrected chi connectivity index (χ4v) is 9.42. The Kier molecular flexibility index (Phi) is 23.7. The number of fused-ring (bicyclic) bond motifs is 2. The van der Waals surface area contributed by atoms with Crippen molar-refractivity contribution in [3.05, 3.63) is 59.4 Å². The first-order valence-electron chi connectivity index (χ1n) is 25.9. The summed E-state index contributed by atoms with van der Waals surface area (Å²) in [7, 11) is 3.11. The first kappa shape index (κ1) is 56.6. The SMILES string of the molecule is CCC[C@H](N[C@@H](O)CN1CCN(CC)CCN(CC)CCN(CC)CC1)C(=O)N[C@@H](CCC)[C@H](O)NCCCN1Cc2cc([C@H](O)N(C)Cc3nc4ccccc4[nH]3)ccc2N[C@@H](CC(=O)OC)C1=O. The minimum atomic E-state index is -1.07. The van der Waals surface area contributed by atoms with Gasteiger partial charge in [-0.3, -0.25) is 34.8 Å². The smallest absolute Gasteiger partial charge is 0.308 e. The van der Waals surface area contributed by atoms with Gasteiger partial charge in [-0.05, 0) is 87.9 Å². The van der Waals surface area contributed by atoms with Crippen molar-refractivity contribution in [2.24, 2.45) is 0 Å². The van der Waals surface area contributed by atoms with Crippen LogP contribution in [0.3, 0.4) is 0 Å². The van der Waals surface area contributed by atoms with Gasteiger partial charge in [0.25, 0.3) is 0 Å². The van der Waals surface area contributed by atoms with Crippen LogP contribution in [0, 0.1) is 0 Å². The van der Waals surface area contributed by atoms with E-state index >= 15 is 0 Å². The Morgan fingerprint density at radius 2 is 1.50 bits per heavy atom. The number of amides is 2. The van der Waals surface area contributed by atoms with Gasteiger partial charge in [-0.15, -0.1) is 0 Å². The van der Waals surface area contributed by atoms with Crippen molar-refractivity contribution < 1.29 is 34.4 Å². The number of para-hydroxylation sites is 2. The normalized spacial score (nSPS) is 19.6. The summed E-state index contributed by atoms with van der Waals surface area (Å²) in [5, 5.41) is 47.1. The van der Waals surface area contributed by atoms with Crippen LogP contribution in [-0.4, -0.2) is 209 Å². The molecule has 19 nitrogen and oxygen atoms in total. The van der Waals surface area contributed by atoms with Crippen molar-refractivity contribution in [3.8, 4) is 0 Å². The number of nitrogens with zero attached hydrogens (tertiary/aromatic N) is 7. The van der Waals surface area contributed by atoms with E-state index in [4.69, 9.17) is 4.74 Å². The highest BCUT2D eigenvalue weighted by atomic mass is 16.5. The molecule has 2 aromatic carbocycles. The zero-order valence-electron chi connectivity index (χ0n) is 43.2. The van der Waals surface area contributed by atoms with E-state index < -0.39 is 42.8 Å². The molecule has 0 bridgehead atoms. The number of methoxy groups -OCH3 is 1. The summed E-state index contributed by atoms with van der Waals surface area (Å²) in [6.07, 6.45) is -0.177. The Labute approximate surface area is 416 Å². The average molecular weight is 979 g/mol. The monoisotopic (exact) mass is 979 g/mol. The molecule has 8 N–H and O–H groups in total. The number of β-amino-alcohol motifs (C(OH)–C–C–N with tert-alkyl or cyclic N) is 1. The molecule has 1 aromatic heterocycles. The van der Waals surface area contributed by atoms with Gasteiger partial charge in [-0.25, -0.2) is 4.98 Å². The summed E-state index contributed by atoms with van der Waals surface area (Å²) < 4.78 is 4.94. The molecule has 3 heterocycles. The number of hydrogen-bond acceptors (Lipinski definition) is 16. The second-order valence-electron chi connectivity index (χ2n) is 18.9. The van der Waals surface area contributed by atoms with Crippen molar-refractivity contribution >= 4 is 34.5 Å². The van der Waals surface area contributed by atoms with Gasteiger partial charge in [-0.1, -0.05) is 65.7 Å². The van der Waals surface area contributed by atoms with Crippen LogP contribution >= 0.6 is 0 Å². The molecule has 2 amide bonds. The number of carbonyl (C=O) groups excluding carboxylic acids is 3. The number of likely N-dealkylation sites (N-methyl/N-ethyl adjacent to an activating group) is 3. The lowest BCUT2D eigenvalue weighted by atomic mass is 10.1. The lowest BCUT2D eigenvalue weighted by Gasteiger charge is -2.34. The summed E-state index contributed by atoms with van der Waals surface area (Å²) >= 11 is 0. The zero-order valence-corrected chi connectivity index (χ0v) is 43.2. The highest BCUT2D eigenvalue weighted by Crippen LogP contribution is 2.29. The summed E-state index contributed by atoms with van der Waals surface area (Å²) in [4.78, 5) is 61.6. The number of ether oxygens (including phenoxy) is 1. The minimum Gasteiger partial charge on any atom is -0.469 e. The van der Waals surface area contributed by atoms with Gasteiger partial charge in [0.1, 0.15) is 30.5 Å². The molecule has 1 fully saturated rings. The molecule has 3 aromatic rings. The van der Waals surface area contributed by atoms with Crippen molar-refractivity contribution in [2.75, 3.05) is 111 Å². The van der Waals surface area contributed by atoms with E-state index in [2.05, 4.69) is 71.6 Å². The molecule has 0 spiro atoms. The van der Waals surface area contributed by atoms with Gasteiger partial charge in [0, 0.05) is 77.7 Å². The van der Waals surface area contributed by atoms with E-state index in [1.807, 2.05) is 57.3 Å². The maximum absolute atomic E-state index is 14.0. The number of benzene rings is 2. The Morgan fingerprint density at radius 1 is 0.871 bits per heavy atom. The Morgan fingerprint density at radius 3 is 2.10 bits per heavy atom. The van der Waals surface area contributed by atoms with Gasteiger partial charge in [0.15, 0.2) is 0 Å². The minimum absolute atomic E-state index is 0.165. The third-order valence-corrected chi connectivity index (χ3v) is 13.8. The molecule has 1 saturated heterocycles. The molecule has 0 radical (unpaired) electrons. The van der Waals surface area contributed by atoms with E-state index in [1.165, 1.54) is 7.11 Å². The molecule has 0 saturated carbocycles. The van der Waals surface area contributed by atoms with Gasteiger partial charge in [0.05, 0.1) is 43.2 Å². The number of anilines is 1. The molecule has 2 aliphatic heterocycles. The number of H-pyrrole nitrogens is 1. The van der Waals surface area contributed by atoms with Gasteiger partial charge >= 0.3 is 5.97 Å². The van der Waals surface area contributed by atoms with Crippen LogP contribution in [0.15, 0.2) is 42.5 Å². The predicted octanol–water partition coefficient (Wildman–Crippen LogP) is 2.31. The number of rotatable bonds is 25. The molecule has 6 atom stereocenters. The van der Waals surface area contributed by atoms with E-state index in [0.717, 1.165) is 107 Å². The third kappa shape index (κ3) is 17.2. The first-order valence-corrected chi connectivity index (χ1v) is 25.9. The Bertz CT molecular complexity index is 1990. The number of hydrogen-bond donors (Lipinski definition) is 8. The van der Waals surface area contributed by atoms with Crippen molar-refractivity contribution in [1.82, 2.24) is 55.3 Å². The molecule has 19 heteroatoms. The molecule has 0 unspecified atom stereocenters. The highest BCUT2D eigenvalue weighted by Gasteiger charge is 2.32. The van der Waals surface area contributed by atoms with Gasteiger partial charge < -0.3 is 55.3 Å². The van der Waals surface area contributed by atoms with E-state index in [1.54, 1.807) is 15.9 Å². The summed E-state index contributed by atoms with van der Waals surface area (Å²) in [6.45, 7) is 22.8. The van der Waals surface area contributed by atoms with Gasteiger partial charge in [0.2, 0.25) is 11.8 Å². The second-order valence-corrected chi connectivity index (χ2v) is 18.9. The number of aliphatic hydroxyl groups is 3. The highest BCUT2D eigenvalue weighted by molar-refractivity contribution is 5.90. The molecule has 2 aliphatic rings. The van der Waals surface area contributed by atoms with Crippen LogP contribution in [0.5, 0.6) is 0 Å². The lowest BCUT2D eigenvalue weighted by Crippen LogP contribution is -2.57. The maximum Gasteiger partial charge on any atom is 0.308 e. The van der Waals surface area contributed by atoms with E-state index in [9.17, 15) is 29.7 Å². The average Bonchev–Trinajstić information content (AvgIpc) is 3.71. The van der Waals surface area contributed by atoms with Crippen molar-refractivity contribution in [1.29, 1.82) is 0 Å². The number of carbonyl (C=O) groups is 3. The van der Waals surface area contributed by atoms with Gasteiger partial charge in [-0.2, -0.15) is 0 Å². The van der Waals surface area contributed by atoms with Crippen molar-refractivity contribution in [3.63, 3.8) is 0 Å². The fourth-order valence-electron chi connectivity index (χ4n) is 9.42. The summed E-state index contributed by atoms with van der Waals surface area (Å²) in [6, 6.07) is 11.2. The van der Waals surface area contributed by atoms with Crippen LogP contribution in [-0.2, 0) is 32.2 Å². The number of aromatic amines is 1. The van der Waals surface area contributed by atoms with Crippen LogP contribution in [0.2, 0.25) is 0 Å². The van der Waals surface area contributed by atoms with E-state index in [-0.39, 0.29) is 24.8 Å². The largest absolute Gasteiger partial charge is 0.469 e. The zero-order chi connectivity index (χ0) is 50.6. The predicted molar refractivity (Wildman–Crippen MR) is 275 cm³/mol.